The fourth-order valence-electron chi connectivity index (χ4n) is 10.5. The van der Waals surface area contributed by atoms with Gasteiger partial charge in [-0.25, -0.2) is 0 Å². The lowest BCUT2D eigenvalue weighted by atomic mass is 9.32. The van der Waals surface area contributed by atoms with Crippen LogP contribution in [0.4, 0.5) is 0 Å². The number of hydrogen-bond acceptors (Lipinski definition) is 2. The Hall–Kier alpha value is -0.630. The lowest BCUT2D eigenvalue weighted by molar-refractivity contribution is -0.224. The number of carbonyl (C=O) groups is 1. The number of aliphatic hydroxyl groups excluding tert-OH is 1. The topological polar surface area (TPSA) is 37.3 Å². The Kier molecular flexibility index (Phi) is 4.71. The van der Waals surface area contributed by atoms with Gasteiger partial charge >= 0.3 is 0 Å². The van der Waals surface area contributed by atoms with Crippen LogP contribution in [0.2, 0.25) is 0 Å². The van der Waals surface area contributed by atoms with E-state index in [1.165, 1.54) is 44.9 Å². The van der Waals surface area contributed by atoms with E-state index in [9.17, 15) is 9.90 Å². The van der Waals surface area contributed by atoms with Crippen molar-refractivity contribution >= 4 is 5.78 Å². The predicted octanol–water partition coefficient (Wildman–Crippen LogP) is 7.35. The van der Waals surface area contributed by atoms with Gasteiger partial charge in [-0.2, -0.15) is 0 Å². The SMILES string of the molecule is CC1(C)C=C2C3CCC4C5(C)CC(=O)C(O)C(C)(C)C5CCC4(C)C3(C)CCC2(C)CC1. The average molecular weight is 441 g/mol. The molecule has 2 heteroatoms. The van der Waals surface area contributed by atoms with Crippen LogP contribution in [0, 0.1) is 50.2 Å². The zero-order valence-electron chi connectivity index (χ0n) is 22.1. The Morgan fingerprint density at radius 1 is 0.781 bits per heavy atom. The van der Waals surface area contributed by atoms with E-state index >= 15 is 0 Å². The maximum atomic E-state index is 13.1. The van der Waals surface area contributed by atoms with E-state index in [1.54, 1.807) is 5.57 Å². The fourth-order valence-corrected chi connectivity index (χ4v) is 10.5. The molecule has 5 aliphatic carbocycles. The number of fused-ring (bicyclic) bond motifs is 7. The molecule has 2 nitrogen and oxygen atoms in total. The number of carbonyl (C=O) groups excluding carboxylic acids is 1. The van der Waals surface area contributed by atoms with Gasteiger partial charge in [-0.15, -0.1) is 0 Å². The molecular formula is C30H48O2. The van der Waals surface area contributed by atoms with Gasteiger partial charge in [0.05, 0.1) is 0 Å². The van der Waals surface area contributed by atoms with Crippen molar-refractivity contribution in [2.75, 3.05) is 0 Å². The quantitative estimate of drug-likeness (QED) is 0.400. The third-order valence-electron chi connectivity index (χ3n) is 12.7. The van der Waals surface area contributed by atoms with E-state index in [4.69, 9.17) is 0 Å². The van der Waals surface area contributed by atoms with Crippen LogP contribution in [0.3, 0.4) is 0 Å². The summed E-state index contributed by atoms with van der Waals surface area (Å²) in [5.74, 6) is 1.80. The summed E-state index contributed by atoms with van der Waals surface area (Å²) in [4.78, 5) is 13.1. The first kappa shape index (κ1) is 23.1. The molecule has 32 heavy (non-hydrogen) atoms. The highest BCUT2D eigenvalue weighted by molar-refractivity contribution is 5.85. The molecule has 0 aromatic carbocycles. The van der Waals surface area contributed by atoms with E-state index < -0.39 is 6.10 Å². The number of hydrogen-bond donors (Lipinski definition) is 1. The molecule has 0 amide bonds. The maximum absolute atomic E-state index is 13.1. The maximum Gasteiger partial charge on any atom is 0.162 e. The molecule has 0 aromatic heterocycles. The van der Waals surface area contributed by atoms with Gasteiger partial charge in [0.25, 0.3) is 0 Å². The van der Waals surface area contributed by atoms with Gasteiger partial charge in [0.2, 0.25) is 0 Å². The minimum Gasteiger partial charge on any atom is -0.385 e. The van der Waals surface area contributed by atoms with E-state index in [-0.39, 0.29) is 22.0 Å². The predicted molar refractivity (Wildman–Crippen MR) is 131 cm³/mol. The second-order valence-corrected chi connectivity index (χ2v) is 15.1. The highest BCUT2D eigenvalue weighted by Gasteiger charge is 2.69. The minimum atomic E-state index is -0.790. The molecule has 0 spiro atoms. The van der Waals surface area contributed by atoms with Crippen molar-refractivity contribution in [2.45, 2.75) is 119 Å². The molecule has 1 N–H and O–H groups in total. The van der Waals surface area contributed by atoms with E-state index in [2.05, 4.69) is 61.5 Å². The monoisotopic (exact) mass is 440 g/mol. The highest BCUT2D eigenvalue weighted by atomic mass is 16.3. The Labute approximate surface area is 197 Å². The van der Waals surface area contributed by atoms with Crippen LogP contribution in [-0.4, -0.2) is 17.0 Å². The summed E-state index contributed by atoms with van der Waals surface area (Å²) in [7, 11) is 0. The van der Waals surface area contributed by atoms with E-state index in [1.807, 2.05) is 0 Å². The van der Waals surface area contributed by atoms with Gasteiger partial charge in [0, 0.05) is 11.8 Å². The molecular weight excluding hydrogens is 392 g/mol. The van der Waals surface area contributed by atoms with Gasteiger partial charge in [0.15, 0.2) is 5.78 Å². The highest BCUT2D eigenvalue weighted by Crippen LogP contribution is 2.76. The molecule has 0 aromatic rings. The van der Waals surface area contributed by atoms with Gasteiger partial charge < -0.3 is 5.11 Å². The van der Waals surface area contributed by atoms with Crippen molar-refractivity contribution in [1.29, 1.82) is 0 Å². The first-order valence-corrected chi connectivity index (χ1v) is 13.5. The lowest BCUT2D eigenvalue weighted by Crippen LogP contribution is -2.67. The number of aliphatic hydroxyl groups is 1. The van der Waals surface area contributed by atoms with Gasteiger partial charge in [-0.05, 0) is 96.2 Å². The standard InChI is InChI=1S/C30H48O2/c1-25(2)13-14-27(5)15-16-29(7)19(20(27)17-25)9-10-23-28(6)18-21(31)24(32)26(3,4)22(28)11-12-30(23,29)8/h17,19,22-24,32H,9-16,18H2,1-8H3. The van der Waals surface area contributed by atoms with E-state index in [0.717, 1.165) is 6.42 Å². The molecule has 0 radical (unpaired) electrons. The number of rotatable bonds is 0. The van der Waals surface area contributed by atoms with Crippen molar-refractivity contribution in [1.82, 2.24) is 0 Å². The Bertz CT molecular complexity index is 866. The molecule has 0 aliphatic heterocycles. The van der Waals surface area contributed by atoms with E-state index in [0.29, 0.717) is 40.4 Å². The van der Waals surface area contributed by atoms with Crippen LogP contribution < -0.4 is 0 Å². The van der Waals surface area contributed by atoms with Crippen molar-refractivity contribution in [3.63, 3.8) is 0 Å². The molecule has 0 saturated heterocycles. The van der Waals surface area contributed by atoms with Crippen LogP contribution >= 0.6 is 0 Å². The Morgan fingerprint density at radius 3 is 2.12 bits per heavy atom. The molecule has 0 bridgehead atoms. The van der Waals surface area contributed by atoms with Gasteiger partial charge in [-0.1, -0.05) is 67.0 Å². The third-order valence-corrected chi connectivity index (χ3v) is 12.7. The zero-order valence-corrected chi connectivity index (χ0v) is 22.1. The molecule has 180 valence electrons. The van der Waals surface area contributed by atoms with Crippen LogP contribution in [-0.2, 0) is 4.79 Å². The molecule has 5 rings (SSSR count). The van der Waals surface area contributed by atoms with Crippen molar-refractivity contribution in [3.05, 3.63) is 11.6 Å². The third kappa shape index (κ3) is 2.71. The molecule has 4 fully saturated rings. The van der Waals surface area contributed by atoms with Crippen LogP contribution in [0.15, 0.2) is 11.6 Å². The van der Waals surface area contributed by atoms with Crippen LogP contribution in [0.25, 0.3) is 0 Å². The molecule has 8 unspecified atom stereocenters. The first-order valence-electron chi connectivity index (χ1n) is 13.5. The summed E-state index contributed by atoms with van der Waals surface area (Å²) in [6, 6.07) is 0. The van der Waals surface area contributed by atoms with Gasteiger partial charge in [0.1, 0.15) is 6.10 Å². The number of ketones is 1. The summed E-state index contributed by atoms with van der Waals surface area (Å²) in [5, 5.41) is 10.8. The number of allylic oxidation sites excluding steroid dienone is 2. The number of Topliss-reactive ketones (excluding diaryl/α,β-unsaturated/α-hetero) is 1. The Balaban J connectivity index is 1.58. The summed E-state index contributed by atoms with van der Waals surface area (Å²) in [5.41, 5.74) is 2.80. The van der Waals surface area contributed by atoms with Crippen molar-refractivity contribution in [2.24, 2.45) is 50.2 Å². The second kappa shape index (κ2) is 6.52. The minimum absolute atomic E-state index is 0.0156. The molecule has 8 atom stereocenters. The normalized spacial score (nSPS) is 53.9. The molecule has 0 heterocycles. The average Bonchev–Trinajstić information content (AvgIpc) is 2.68. The van der Waals surface area contributed by atoms with Gasteiger partial charge in [-0.3, -0.25) is 4.79 Å². The van der Waals surface area contributed by atoms with Crippen LogP contribution in [0.5, 0.6) is 0 Å². The largest absolute Gasteiger partial charge is 0.385 e. The first-order chi connectivity index (χ1) is 14.6. The Morgan fingerprint density at radius 2 is 1.44 bits per heavy atom. The van der Waals surface area contributed by atoms with Crippen molar-refractivity contribution < 1.29 is 9.90 Å². The smallest absolute Gasteiger partial charge is 0.162 e. The second-order valence-electron chi connectivity index (χ2n) is 15.1. The van der Waals surface area contributed by atoms with Crippen LogP contribution in [0.1, 0.15) is 113 Å². The van der Waals surface area contributed by atoms with Crippen molar-refractivity contribution in [3.8, 4) is 0 Å². The summed E-state index contributed by atoms with van der Waals surface area (Å²) in [6.45, 7) is 19.4. The summed E-state index contributed by atoms with van der Waals surface area (Å²) < 4.78 is 0. The summed E-state index contributed by atoms with van der Waals surface area (Å²) in [6.07, 6.45) is 12.8. The lowest BCUT2D eigenvalue weighted by Gasteiger charge is -2.72. The summed E-state index contributed by atoms with van der Waals surface area (Å²) >= 11 is 0. The fraction of sp³-hybridized carbons (Fsp3) is 0.900. The molecule has 4 saturated carbocycles. The zero-order chi connectivity index (χ0) is 23.5. The molecule has 5 aliphatic rings.